The van der Waals surface area contributed by atoms with Crippen LogP contribution in [0.5, 0.6) is 34.5 Å². The van der Waals surface area contributed by atoms with Crippen molar-refractivity contribution in [1.29, 1.82) is 0 Å². The molecule has 0 saturated carbocycles. The number of aliphatic carboxylic acids is 1. The number of carboxylic acid groups (broad SMARTS) is 1. The van der Waals surface area contributed by atoms with Crippen LogP contribution < -0.4 is 0 Å². The maximum absolute atomic E-state index is 11.6. The van der Waals surface area contributed by atoms with Gasteiger partial charge in [0.05, 0.1) is 24.9 Å². The first kappa shape index (κ1) is 59.4. The minimum atomic E-state index is -1.03. The molecular formula is C65H68O10U. The van der Waals surface area contributed by atoms with Crippen LogP contribution in [-0.4, -0.2) is 54.3 Å². The molecule has 0 saturated heterocycles. The zero-order valence-electron chi connectivity index (χ0n) is 43.4. The number of esters is 1. The number of hydrogen-bond donors (Lipinski definition) is 7. The van der Waals surface area contributed by atoms with Gasteiger partial charge in [0.2, 0.25) is 0 Å². The fourth-order valence-electron chi connectivity index (χ4n) is 9.82. The SMILES string of the molecule is C.Cc1cc(-c2ccc(O)c(C)c2)ccc1O.Cc1cc(C(C)(CCCOC(=O)CCC(=O)O)c2ccc(O)c(C)c2)ccc1O.Cc1cc(C2(c3ccc(O)c(C)c3)c3ccccc3-c3ccccc32)ccc1O.[U]. The van der Waals surface area contributed by atoms with E-state index in [2.05, 4.69) is 67.6 Å². The van der Waals surface area contributed by atoms with E-state index in [0.29, 0.717) is 35.8 Å². The molecule has 7 N–H and O–H groups in total. The monoisotopic (exact) mass is 1250 g/mol. The van der Waals surface area contributed by atoms with Gasteiger partial charge in [-0.05, 0) is 192 Å². The second-order valence-electron chi connectivity index (χ2n) is 19.4. The number of rotatable bonds is 12. The van der Waals surface area contributed by atoms with E-state index in [-0.39, 0.29) is 69.5 Å². The molecule has 0 heterocycles. The molecular weight excluding hydrogens is 1180 g/mol. The van der Waals surface area contributed by atoms with Gasteiger partial charge in [0.1, 0.15) is 34.5 Å². The number of phenolic OH excluding ortho intramolecular Hbond substituents is 6. The Morgan fingerprint density at radius 1 is 0.474 bits per heavy atom. The second-order valence-corrected chi connectivity index (χ2v) is 19.4. The van der Waals surface area contributed by atoms with E-state index in [1.54, 1.807) is 36.4 Å². The number of carbonyl (C=O) groups excluding carboxylic acids is 1. The van der Waals surface area contributed by atoms with Crippen LogP contribution >= 0.6 is 0 Å². The summed E-state index contributed by atoms with van der Waals surface area (Å²) in [6, 6.07) is 50.8. The third-order valence-corrected chi connectivity index (χ3v) is 14.2. The second kappa shape index (κ2) is 25.4. The summed E-state index contributed by atoms with van der Waals surface area (Å²) < 4.78 is 5.16. The Bertz CT molecular complexity index is 3160. The van der Waals surface area contributed by atoms with Crippen LogP contribution in [0.3, 0.4) is 0 Å². The largest absolute Gasteiger partial charge is 0.508 e. The number of aryl methyl sites for hydroxylation is 6. The summed E-state index contributed by atoms with van der Waals surface area (Å²) in [5.41, 5.74) is 15.2. The molecule has 0 spiro atoms. The molecule has 1 aliphatic carbocycles. The molecule has 0 fully saturated rings. The molecule has 8 aromatic rings. The number of carbonyl (C=O) groups is 2. The van der Waals surface area contributed by atoms with Gasteiger partial charge in [-0.2, -0.15) is 0 Å². The Balaban J connectivity index is 0.000000217. The Morgan fingerprint density at radius 2 is 0.829 bits per heavy atom. The summed E-state index contributed by atoms with van der Waals surface area (Å²) in [5, 5.41) is 67.7. The van der Waals surface area contributed by atoms with Crippen LogP contribution in [0.4, 0.5) is 0 Å². The van der Waals surface area contributed by atoms with Crippen molar-refractivity contribution >= 4 is 11.9 Å². The van der Waals surface area contributed by atoms with Crippen molar-refractivity contribution in [2.75, 3.05) is 6.61 Å². The number of hydrogen-bond acceptors (Lipinski definition) is 9. The first-order chi connectivity index (χ1) is 35.2. The zero-order chi connectivity index (χ0) is 53.5. The standard InChI is InChI=1S/C27H22O2.C23H28O6.C14H14O2.CH4.U/c1-17-15-19(11-13-25(17)28)27(20-12-14-26(29)18(2)16-20)23-9-5-3-7-21(23)22-8-4-6-10-24(22)27;1-15-13-17(5-7-19(15)24)23(3,18-6-8-20(25)16(2)14-18)11-4-12-29-22(28)10-9-21(26)27;1-9-7-11(3-5-13(9)15)12-4-6-14(16)10(2)8-12;;/h3-16,28-29H,1-2H3;5-8,13-14,24-25H,4,9-12H2,1-3H3,(H,26,27);3-8,15-16H,1-2H3;1H4;. The van der Waals surface area contributed by atoms with Crippen molar-refractivity contribution in [1.82, 2.24) is 0 Å². The van der Waals surface area contributed by atoms with Gasteiger partial charge in [-0.15, -0.1) is 0 Å². The summed E-state index contributed by atoms with van der Waals surface area (Å²) in [6.07, 6.45) is 0.861. The van der Waals surface area contributed by atoms with Crippen LogP contribution in [-0.2, 0) is 25.2 Å². The molecule has 8 aromatic carbocycles. The fourth-order valence-corrected chi connectivity index (χ4v) is 9.82. The van der Waals surface area contributed by atoms with E-state index in [0.717, 1.165) is 66.8 Å². The van der Waals surface area contributed by atoms with Crippen molar-refractivity contribution in [3.05, 3.63) is 224 Å². The summed E-state index contributed by atoms with van der Waals surface area (Å²) in [5.74, 6) is 0.111. The summed E-state index contributed by atoms with van der Waals surface area (Å²) in [7, 11) is 0. The van der Waals surface area contributed by atoms with E-state index in [4.69, 9.17) is 9.84 Å². The molecule has 9 rings (SSSR count). The molecule has 10 nitrogen and oxygen atoms in total. The average Bonchev–Trinajstić information content (AvgIpc) is 3.69. The predicted molar refractivity (Wildman–Crippen MR) is 297 cm³/mol. The van der Waals surface area contributed by atoms with E-state index in [1.807, 2.05) is 102 Å². The van der Waals surface area contributed by atoms with Gasteiger partial charge in [0, 0.05) is 36.5 Å². The molecule has 11 heteroatoms. The Hall–Kier alpha value is -7.45. The molecule has 0 radical (unpaired) electrons. The van der Waals surface area contributed by atoms with Crippen molar-refractivity contribution < 1.29 is 81.2 Å². The third kappa shape index (κ3) is 12.8. The topological polar surface area (TPSA) is 185 Å². The Kier molecular flexibility index (Phi) is 19.9. The summed E-state index contributed by atoms with van der Waals surface area (Å²) in [4.78, 5) is 22.2. The van der Waals surface area contributed by atoms with Crippen LogP contribution in [0.2, 0.25) is 0 Å². The van der Waals surface area contributed by atoms with Crippen LogP contribution in [0.1, 0.15) is 107 Å². The normalized spacial score (nSPS) is 11.7. The van der Waals surface area contributed by atoms with Gasteiger partial charge in [-0.3, -0.25) is 9.59 Å². The van der Waals surface area contributed by atoms with Crippen molar-refractivity contribution in [3.63, 3.8) is 0 Å². The number of carboxylic acids is 1. The van der Waals surface area contributed by atoms with Gasteiger partial charge in [-0.25, -0.2) is 0 Å². The minimum absolute atomic E-state index is 0. The summed E-state index contributed by atoms with van der Waals surface area (Å²) in [6.45, 7) is 13.6. The molecule has 1 aliphatic rings. The zero-order valence-corrected chi connectivity index (χ0v) is 47.6. The Labute approximate surface area is 470 Å². The maximum Gasteiger partial charge on any atom is 0.306 e. The van der Waals surface area contributed by atoms with E-state index >= 15 is 0 Å². The number of benzene rings is 8. The number of ether oxygens (including phenoxy) is 1. The summed E-state index contributed by atoms with van der Waals surface area (Å²) >= 11 is 0. The van der Waals surface area contributed by atoms with Gasteiger partial charge >= 0.3 is 11.9 Å². The first-order valence-corrected chi connectivity index (χ1v) is 24.6. The van der Waals surface area contributed by atoms with Crippen LogP contribution in [0.15, 0.2) is 158 Å². The molecule has 392 valence electrons. The van der Waals surface area contributed by atoms with E-state index < -0.39 is 22.8 Å². The smallest absolute Gasteiger partial charge is 0.306 e. The molecule has 0 amide bonds. The minimum Gasteiger partial charge on any atom is -0.508 e. The predicted octanol–water partition coefficient (Wildman–Crippen LogP) is 14.3. The Morgan fingerprint density at radius 3 is 1.20 bits per heavy atom. The molecule has 0 unspecified atom stereocenters. The van der Waals surface area contributed by atoms with Gasteiger partial charge in [0.25, 0.3) is 0 Å². The third-order valence-electron chi connectivity index (χ3n) is 14.2. The van der Waals surface area contributed by atoms with E-state index in [1.165, 1.54) is 22.3 Å². The fraction of sp³-hybridized carbons (Fsp3) is 0.231. The van der Waals surface area contributed by atoms with Gasteiger partial charge < -0.3 is 40.5 Å². The van der Waals surface area contributed by atoms with Crippen molar-refractivity contribution in [2.24, 2.45) is 0 Å². The molecule has 76 heavy (non-hydrogen) atoms. The molecule has 0 atom stereocenters. The van der Waals surface area contributed by atoms with Crippen molar-refractivity contribution in [3.8, 4) is 56.8 Å². The molecule has 0 aliphatic heterocycles. The maximum atomic E-state index is 11.6. The number of aromatic hydroxyl groups is 6. The first-order valence-electron chi connectivity index (χ1n) is 24.6. The van der Waals surface area contributed by atoms with Gasteiger partial charge in [0.15, 0.2) is 0 Å². The van der Waals surface area contributed by atoms with Crippen LogP contribution in [0, 0.1) is 72.7 Å². The van der Waals surface area contributed by atoms with Crippen molar-refractivity contribution in [2.45, 2.75) is 92.4 Å². The van der Waals surface area contributed by atoms with Crippen LogP contribution in [0.25, 0.3) is 22.3 Å². The molecule has 0 aromatic heterocycles. The quantitative estimate of drug-likeness (QED) is 0.0459. The molecule has 0 bridgehead atoms. The average molecular weight is 1250 g/mol. The van der Waals surface area contributed by atoms with Gasteiger partial charge in [-0.1, -0.05) is 124 Å². The number of fused-ring (bicyclic) bond motifs is 3. The van der Waals surface area contributed by atoms with E-state index in [9.17, 15) is 40.2 Å². The number of phenols is 6.